The summed E-state index contributed by atoms with van der Waals surface area (Å²) >= 11 is 0. The van der Waals surface area contributed by atoms with Crippen LogP contribution in [0.15, 0.2) is 18.3 Å². The van der Waals surface area contributed by atoms with Crippen LogP contribution in [0.1, 0.15) is 17.3 Å². The molecular weight excluding hydrogens is 192 g/mol. The molecule has 0 atom stereocenters. The molecule has 0 saturated heterocycles. The van der Waals surface area contributed by atoms with E-state index in [1.54, 1.807) is 18.3 Å². The number of carbonyl (C=O) groups is 1. The zero-order valence-electron chi connectivity index (χ0n) is 9.36. The zero-order valence-corrected chi connectivity index (χ0v) is 9.36. The highest BCUT2D eigenvalue weighted by molar-refractivity contribution is 5.94. The molecule has 0 spiro atoms. The van der Waals surface area contributed by atoms with E-state index in [9.17, 15) is 4.79 Å². The lowest BCUT2D eigenvalue weighted by atomic mass is 10.2. The molecule has 0 aromatic carbocycles. The minimum absolute atomic E-state index is 0.0230. The number of ketones is 1. The van der Waals surface area contributed by atoms with Crippen LogP contribution in [0.4, 0.5) is 0 Å². The summed E-state index contributed by atoms with van der Waals surface area (Å²) < 4.78 is 5.40. The van der Waals surface area contributed by atoms with Gasteiger partial charge >= 0.3 is 0 Å². The van der Waals surface area contributed by atoms with Crippen LogP contribution in [-0.4, -0.2) is 42.9 Å². The molecule has 1 rings (SSSR count). The highest BCUT2D eigenvalue weighted by Gasteiger charge is 2.02. The molecule has 0 aliphatic rings. The first-order chi connectivity index (χ1) is 7.09. The van der Waals surface area contributed by atoms with Crippen molar-refractivity contribution < 1.29 is 9.53 Å². The molecule has 1 heterocycles. The van der Waals surface area contributed by atoms with Crippen molar-refractivity contribution in [1.82, 2.24) is 9.88 Å². The number of ether oxygens (including phenoxy) is 1. The third-order valence-corrected chi connectivity index (χ3v) is 1.93. The van der Waals surface area contributed by atoms with Crippen LogP contribution in [0.2, 0.25) is 0 Å². The highest BCUT2D eigenvalue weighted by atomic mass is 16.5. The standard InChI is InChI=1S/C11H16N2O2/c1-9(14)10-4-5-12-11(8-10)15-7-6-13(2)3/h4-5,8H,6-7H2,1-3H3. The lowest BCUT2D eigenvalue weighted by molar-refractivity contribution is 0.101. The fourth-order valence-corrected chi connectivity index (χ4v) is 1.04. The molecular formula is C11H16N2O2. The molecule has 1 aromatic heterocycles. The van der Waals surface area contributed by atoms with Gasteiger partial charge in [-0.05, 0) is 27.1 Å². The third kappa shape index (κ3) is 4.08. The van der Waals surface area contributed by atoms with Gasteiger partial charge in [0, 0.05) is 24.4 Å². The first-order valence-electron chi connectivity index (χ1n) is 4.84. The third-order valence-electron chi connectivity index (χ3n) is 1.93. The van der Waals surface area contributed by atoms with Gasteiger partial charge in [-0.2, -0.15) is 0 Å². The lowest BCUT2D eigenvalue weighted by Crippen LogP contribution is -2.19. The number of hydrogen-bond donors (Lipinski definition) is 0. The summed E-state index contributed by atoms with van der Waals surface area (Å²) in [4.78, 5) is 17.1. The first kappa shape index (κ1) is 11.7. The molecule has 0 saturated carbocycles. The number of likely N-dealkylation sites (N-methyl/N-ethyl adjacent to an activating group) is 1. The Morgan fingerprint density at radius 3 is 2.87 bits per heavy atom. The van der Waals surface area contributed by atoms with Crippen LogP contribution < -0.4 is 4.74 Å². The predicted octanol–water partition coefficient (Wildman–Crippen LogP) is 1.22. The molecule has 0 unspecified atom stereocenters. The Morgan fingerprint density at radius 1 is 1.53 bits per heavy atom. The van der Waals surface area contributed by atoms with Crippen LogP contribution >= 0.6 is 0 Å². The second-order valence-corrected chi connectivity index (χ2v) is 3.59. The minimum Gasteiger partial charge on any atom is -0.476 e. The second-order valence-electron chi connectivity index (χ2n) is 3.59. The Kier molecular flexibility index (Phi) is 4.24. The molecule has 0 amide bonds. The molecule has 15 heavy (non-hydrogen) atoms. The number of carbonyl (C=O) groups excluding carboxylic acids is 1. The fraction of sp³-hybridized carbons (Fsp3) is 0.455. The predicted molar refractivity (Wildman–Crippen MR) is 58.3 cm³/mol. The van der Waals surface area contributed by atoms with Crippen molar-refractivity contribution in [2.75, 3.05) is 27.2 Å². The maximum atomic E-state index is 11.1. The highest BCUT2D eigenvalue weighted by Crippen LogP contribution is 2.09. The Hall–Kier alpha value is -1.42. The summed E-state index contributed by atoms with van der Waals surface area (Å²) in [6.45, 7) is 2.92. The van der Waals surface area contributed by atoms with Crippen molar-refractivity contribution in [3.8, 4) is 5.88 Å². The van der Waals surface area contributed by atoms with E-state index in [1.165, 1.54) is 6.92 Å². The van der Waals surface area contributed by atoms with Crippen LogP contribution in [0.3, 0.4) is 0 Å². The monoisotopic (exact) mass is 208 g/mol. The van der Waals surface area contributed by atoms with Crippen molar-refractivity contribution in [3.05, 3.63) is 23.9 Å². The molecule has 1 aromatic rings. The van der Waals surface area contributed by atoms with Gasteiger partial charge < -0.3 is 9.64 Å². The first-order valence-corrected chi connectivity index (χ1v) is 4.84. The second kappa shape index (κ2) is 5.46. The topological polar surface area (TPSA) is 42.4 Å². The van der Waals surface area contributed by atoms with Gasteiger partial charge in [0.15, 0.2) is 5.78 Å². The van der Waals surface area contributed by atoms with E-state index in [-0.39, 0.29) is 5.78 Å². The van der Waals surface area contributed by atoms with E-state index in [0.29, 0.717) is 18.1 Å². The van der Waals surface area contributed by atoms with Gasteiger partial charge in [-0.3, -0.25) is 4.79 Å². The number of pyridine rings is 1. The normalized spacial score (nSPS) is 10.4. The van der Waals surface area contributed by atoms with Crippen molar-refractivity contribution in [2.24, 2.45) is 0 Å². The van der Waals surface area contributed by atoms with Crippen LogP contribution in [-0.2, 0) is 0 Å². The number of nitrogens with zero attached hydrogens (tertiary/aromatic N) is 2. The van der Waals surface area contributed by atoms with Crippen LogP contribution in [0.25, 0.3) is 0 Å². The van der Waals surface area contributed by atoms with E-state index < -0.39 is 0 Å². The molecule has 0 aliphatic heterocycles. The molecule has 4 heteroatoms. The van der Waals surface area contributed by atoms with E-state index in [4.69, 9.17) is 4.74 Å². The molecule has 82 valence electrons. The Morgan fingerprint density at radius 2 is 2.27 bits per heavy atom. The van der Waals surface area contributed by atoms with Crippen molar-refractivity contribution in [2.45, 2.75) is 6.92 Å². The smallest absolute Gasteiger partial charge is 0.213 e. The summed E-state index contributed by atoms with van der Waals surface area (Å²) in [5, 5.41) is 0. The van der Waals surface area contributed by atoms with Gasteiger partial charge in [0.1, 0.15) is 6.61 Å². The van der Waals surface area contributed by atoms with E-state index in [0.717, 1.165) is 6.54 Å². The maximum absolute atomic E-state index is 11.1. The average molecular weight is 208 g/mol. The largest absolute Gasteiger partial charge is 0.476 e. The van der Waals surface area contributed by atoms with Gasteiger partial charge in [0.05, 0.1) is 0 Å². The molecule has 0 fully saturated rings. The average Bonchev–Trinajstić information content (AvgIpc) is 2.17. The molecule has 0 N–H and O–H groups in total. The van der Waals surface area contributed by atoms with Gasteiger partial charge in [-0.15, -0.1) is 0 Å². The van der Waals surface area contributed by atoms with Crippen molar-refractivity contribution in [1.29, 1.82) is 0 Å². The quantitative estimate of drug-likeness (QED) is 0.682. The summed E-state index contributed by atoms with van der Waals surface area (Å²) in [6.07, 6.45) is 1.59. The summed E-state index contributed by atoms with van der Waals surface area (Å²) in [5.74, 6) is 0.527. The Balaban J connectivity index is 2.54. The summed E-state index contributed by atoms with van der Waals surface area (Å²) in [5.41, 5.74) is 0.629. The van der Waals surface area contributed by atoms with E-state index >= 15 is 0 Å². The molecule has 4 nitrogen and oxygen atoms in total. The number of Topliss-reactive ketones (excluding diaryl/α,β-unsaturated/α-hetero) is 1. The number of rotatable bonds is 5. The van der Waals surface area contributed by atoms with Crippen molar-refractivity contribution in [3.63, 3.8) is 0 Å². The van der Waals surface area contributed by atoms with Gasteiger partial charge in [-0.1, -0.05) is 0 Å². The molecule has 0 bridgehead atoms. The Labute approximate surface area is 89.9 Å². The molecule has 0 radical (unpaired) electrons. The van der Waals surface area contributed by atoms with Gasteiger partial charge in [0.25, 0.3) is 0 Å². The maximum Gasteiger partial charge on any atom is 0.213 e. The van der Waals surface area contributed by atoms with E-state index in [1.807, 2.05) is 19.0 Å². The van der Waals surface area contributed by atoms with Gasteiger partial charge in [0.2, 0.25) is 5.88 Å². The van der Waals surface area contributed by atoms with Crippen LogP contribution in [0, 0.1) is 0 Å². The Bertz CT molecular complexity index is 337. The summed E-state index contributed by atoms with van der Waals surface area (Å²) in [6, 6.07) is 3.35. The summed E-state index contributed by atoms with van der Waals surface area (Å²) in [7, 11) is 3.95. The zero-order chi connectivity index (χ0) is 11.3. The molecule has 0 aliphatic carbocycles. The minimum atomic E-state index is 0.0230. The lowest BCUT2D eigenvalue weighted by Gasteiger charge is -2.10. The number of hydrogen-bond acceptors (Lipinski definition) is 4. The van der Waals surface area contributed by atoms with Gasteiger partial charge in [-0.25, -0.2) is 4.98 Å². The van der Waals surface area contributed by atoms with Crippen molar-refractivity contribution >= 4 is 5.78 Å². The SMILES string of the molecule is CC(=O)c1ccnc(OCCN(C)C)c1. The van der Waals surface area contributed by atoms with E-state index in [2.05, 4.69) is 4.98 Å². The fourth-order valence-electron chi connectivity index (χ4n) is 1.04. The number of aromatic nitrogens is 1. The van der Waals surface area contributed by atoms with Crippen LogP contribution in [0.5, 0.6) is 5.88 Å².